The van der Waals surface area contributed by atoms with Crippen LogP contribution in [0.4, 0.5) is 0 Å². The van der Waals surface area contributed by atoms with Gasteiger partial charge in [0.15, 0.2) is 0 Å². The molecule has 0 atom stereocenters. The van der Waals surface area contributed by atoms with E-state index in [4.69, 9.17) is 5.73 Å². The average Bonchev–Trinajstić information content (AvgIpc) is 1.61. The number of rotatable bonds is 1. The predicted octanol–water partition coefficient (Wildman–Crippen LogP) is 1.66. The van der Waals surface area contributed by atoms with Crippen molar-refractivity contribution in [2.45, 2.75) is 13.8 Å². The molecule has 46 valence electrons. The molecule has 0 aromatic carbocycles. The second-order valence-corrected chi connectivity index (χ2v) is 3.06. The lowest BCUT2D eigenvalue weighted by Gasteiger charge is -1.83. The van der Waals surface area contributed by atoms with Gasteiger partial charge in [0.25, 0.3) is 0 Å². The van der Waals surface area contributed by atoms with E-state index in [2.05, 4.69) is 27.6 Å². The van der Waals surface area contributed by atoms with Crippen LogP contribution in [0.2, 0.25) is 0 Å². The maximum absolute atomic E-state index is 5.29. The van der Waals surface area contributed by atoms with Gasteiger partial charge in [-0.05, 0) is 36.4 Å². The van der Waals surface area contributed by atoms with E-state index in [0.29, 0.717) is 0 Å². The molecule has 0 aromatic heterocycles. The fourth-order valence-electron chi connectivity index (χ4n) is 0.191. The number of allylic oxidation sites excluding steroid dienone is 1. The Bertz CT molecular complexity index is 102. The fourth-order valence-corrected chi connectivity index (χ4v) is 0.330. The van der Waals surface area contributed by atoms with Gasteiger partial charge in [0, 0.05) is 11.9 Å². The number of hydrogen-bond acceptors (Lipinski definition) is 2. The summed E-state index contributed by atoms with van der Waals surface area (Å²) in [5, 5.41) is 0. The topological polar surface area (TPSA) is 38.4 Å². The normalized spacial score (nSPS) is 14.4. The number of hydrogen-bond donors (Lipinski definition) is 1. The van der Waals surface area contributed by atoms with Crippen LogP contribution in [0.5, 0.6) is 0 Å². The molecule has 2 nitrogen and oxygen atoms in total. The van der Waals surface area contributed by atoms with Crippen molar-refractivity contribution in [3.05, 3.63) is 11.9 Å². The molecule has 0 aliphatic carbocycles. The van der Waals surface area contributed by atoms with E-state index in [0.717, 1.165) is 9.42 Å². The van der Waals surface area contributed by atoms with Gasteiger partial charge in [-0.3, -0.25) is 4.99 Å². The highest BCUT2D eigenvalue weighted by Gasteiger charge is 1.74. The summed E-state index contributed by atoms with van der Waals surface area (Å²) < 4.78 is 0.993. The molecule has 2 N–H and O–H groups in total. The predicted molar refractivity (Wildman–Crippen MR) is 45.1 cm³/mol. The zero-order valence-electron chi connectivity index (χ0n) is 4.98. The summed E-state index contributed by atoms with van der Waals surface area (Å²) in [7, 11) is 0. The molecule has 0 aromatic rings. The first-order valence-electron chi connectivity index (χ1n) is 2.25. The van der Waals surface area contributed by atoms with Gasteiger partial charge < -0.3 is 5.73 Å². The number of nitrogens with two attached hydrogens (primary N) is 1. The van der Waals surface area contributed by atoms with Gasteiger partial charge in [-0.15, -0.1) is 0 Å². The highest BCUT2D eigenvalue weighted by Crippen LogP contribution is 1.90. The lowest BCUT2D eigenvalue weighted by molar-refractivity contribution is 1.28. The van der Waals surface area contributed by atoms with Crippen molar-refractivity contribution in [1.29, 1.82) is 0 Å². The van der Waals surface area contributed by atoms with Gasteiger partial charge in [0.1, 0.15) is 0 Å². The average molecular weight is 224 g/mol. The maximum Gasteiger partial charge on any atom is 0.0753 e. The summed E-state index contributed by atoms with van der Waals surface area (Å²) in [5.74, 6) is 0. The molecule has 0 aliphatic rings. The lowest BCUT2D eigenvalue weighted by Crippen LogP contribution is -1.88. The first kappa shape index (κ1) is 7.94. The van der Waals surface area contributed by atoms with Crippen LogP contribution in [0.3, 0.4) is 0 Å². The van der Waals surface area contributed by atoms with E-state index < -0.39 is 0 Å². The summed E-state index contributed by atoms with van der Waals surface area (Å²) >= 11 is 2.13. The first-order valence-corrected chi connectivity index (χ1v) is 3.33. The maximum atomic E-state index is 5.29. The molecule has 0 radical (unpaired) electrons. The molecular weight excluding hydrogens is 215 g/mol. The van der Waals surface area contributed by atoms with Crippen LogP contribution in [0.15, 0.2) is 16.9 Å². The van der Waals surface area contributed by atoms with Crippen molar-refractivity contribution in [2.24, 2.45) is 10.7 Å². The quantitative estimate of drug-likeness (QED) is 0.533. The van der Waals surface area contributed by atoms with Crippen LogP contribution in [0.1, 0.15) is 13.8 Å². The van der Waals surface area contributed by atoms with Crippen LogP contribution >= 0.6 is 22.6 Å². The summed E-state index contributed by atoms with van der Waals surface area (Å²) in [6.45, 7) is 3.73. The monoisotopic (exact) mass is 224 g/mol. The van der Waals surface area contributed by atoms with Crippen molar-refractivity contribution < 1.29 is 0 Å². The van der Waals surface area contributed by atoms with Crippen LogP contribution in [-0.2, 0) is 0 Å². The lowest BCUT2D eigenvalue weighted by atomic mass is 10.6. The second kappa shape index (κ2) is 3.88. The smallest absolute Gasteiger partial charge is 0.0753 e. The van der Waals surface area contributed by atoms with E-state index >= 15 is 0 Å². The van der Waals surface area contributed by atoms with Crippen LogP contribution in [0, 0.1) is 0 Å². The van der Waals surface area contributed by atoms with Crippen LogP contribution < -0.4 is 5.73 Å². The Hall–Kier alpha value is -0.0600. The van der Waals surface area contributed by atoms with Crippen LogP contribution in [-0.4, -0.2) is 3.72 Å². The highest BCUT2D eigenvalue weighted by atomic mass is 127. The minimum atomic E-state index is 0.737. The van der Waals surface area contributed by atoms with Crippen molar-refractivity contribution >= 4 is 26.3 Å². The van der Waals surface area contributed by atoms with Gasteiger partial charge in [0.2, 0.25) is 0 Å². The molecule has 0 spiro atoms. The van der Waals surface area contributed by atoms with Crippen molar-refractivity contribution in [1.82, 2.24) is 0 Å². The molecule has 8 heavy (non-hydrogen) atoms. The van der Waals surface area contributed by atoms with Crippen molar-refractivity contribution in [3.8, 4) is 0 Å². The third-order valence-corrected chi connectivity index (χ3v) is 0.725. The molecule has 0 heterocycles. The summed E-state index contributed by atoms with van der Waals surface area (Å²) in [6, 6.07) is 0. The van der Waals surface area contributed by atoms with Gasteiger partial charge >= 0.3 is 0 Å². The third kappa shape index (κ3) is 5.94. The molecule has 0 unspecified atom stereocenters. The van der Waals surface area contributed by atoms with Gasteiger partial charge in [-0.25, -0.2) is 0 Å². The molecule has 0 amide bonds. The second-order valence-electron chi connectivity index (χ2n) is 1.50. The van der Waals surface area contributed by atoms with Gasteiger partial charge in [-0.1, -0.05) is 0 Å². The van der Waals surface area contributed by atoms with Crippen molar-refractivity contribution in [3.63, 3.8) is 0 Å². The molecule has 0 aliphatic heterocycles. The zero-order chi connectivity index (χ0) is 6.57. The highest BCUT2D eigenvalue weighted by molar-refractivity contribution is 14.1. The first-order chi connectivity index (χ1) is 3.63. The number of aliphatic imine (C=N–C) groups is 1. The Kier molecular flexibility index (Phi) is 3.85. The minimum absolute atomic E-state index is 0.737. The van der Waals surface area contributed by atoms with E-state index in [-0.39, 0.29) is 0 Å². The summed E-state index contributed by atoms with van der Waals surface area (Å²) in [6.07, 6.45) is 1.64. The largest absolute Gasteiger partial charge is 0.401 e. The molecule has 0 fully saturated rings. The number of nitrogens with zero attached hydrogens (tertiary/aromatic N) is 1. The Balaban J connectivity index is 3.76. The Labute approximate surface area is 63.0 Å². The van der Waals surface area contributed by atoms with Crippen LogP contribution in [0.25, 0.3) is 0 Å². The SMILES string of the molecule is CC(I)=N/C=C(/C)N. The molecule has 0 saturated heterocycles. The Morgan fingerprint density at radius 1 is 1.62 bits per heavy atom. The fraction of sp³-hybridized carbons (Fsp3) is 0.400. The minimum Gasteiger partial charge on any atom is -0.401 e. The Morgan fingerprint density at radius 3 is 2.25 bits per heavy atom. The Morgan fingerprint density at radius 2 is 2.12 bits per heavy atom. The third-order valence-electron chi connectivity index (χ3n) is 0.446. The van der Waals surface area contributed by atoms with Crippen molar-refractivity contribution in [2.75, 3.05) is 0 Å². The zero-order valence-corrected chi connectivity index (χ0v) is 7.14. The molecule has 0 saturated carbocycles. The molecule has 0 bridgehead atoms. The van der Waals surface area contributed by atoms with E-state index in [1.807, 2.05) is 13.8 Å². The molecular formula is C5H9IN2. The summed E-state index contributed by atoms with van der Waals surface area (Å²) in [4.78, 5) is 3.94. The summed E-state index contributed by atoms with van der Waals surface area (Å²) in [5.41, 5.74) is 6.03. The van der Waals surface area contributed by atoms with E-state index in [9.17, 15) is 0 Å². The standard InChI is InChI=1S/C5H9IN2/c1-4(7)3-8-5(2)6/h3H,7H2,1-2H3/b4-3-,8-5?. The molecule has 0 rings (SSSR count). The van der Waals surface area contributed by atoms with E-state index in [1.54, 1.807) is 6.20 Å². The van der Waals surface area contributed by atoms with Gasteiger partial charge in [-0.2, -0.15) is 0 Å². The number of halogens is 1. The van der Waals surface area contributed by atoms with E-state index in [1.165, 1.54) is 0 Å². The van der Waals surface area contributed by atoms with Gasteiger partial charge in [0.05, 0.1) is 3.72 Å². The molecule has 3 heteroatoms.